The van der Waals surface area contributed by atoms with Gasteiger partial charge in [-0.25, -0.2) is 0 Å². The van der Waals surface area contributed by atoms with Crippen LogP contribution in [0, 0.1) is 0 Å². The number of hydrogen-bond acceptors (Lipinski definition) is 10. The first kappa shape index (κ1) is 72.4. The van der Waals surface area contributed by atoms with E-state index in [1.165, 1.54) is 173 Å². The average molecular weight is 1090 g/mol. The van der Waals surface area contributed by atoms with E-state index in [9.17, 15) is 35.1 Å². The summed E-state index contributed by atoms with van der Waals surface area (Å²) in [7, 11) is 0. The molecule has 0 aliphatic carbocycles. The molecule has 1 rings (SSSR count). The molecule has 0 radical (unpaired) electrons. The molecule has 1 saturated heterocycles. The maximum absolute atomic E-state index is 13.1. The molecule has 6 N–H and O–H groups in total. The third kappa shape index (κ3) is 44.8. The van der Waals surface area contributed by atoms with Gasteiger partial charge in [0.25, 0.3) is 0 Å². The lowest BCUT2D eigenvalue weighted by Gasteiger charge is -2.40. The van der Waals surface area contributed by atoms with Gasteiger partial charge in [-0.3, -0.25) is 9.59 Å². The number of ether oxygens (including phenoxy) is 3. The largest absolute Gasteiger partial charge is 0.465 e. The van der Waals surface area contributed by atoms with Gasteiger partial charge in [-0.15, -0.1) is 0 Å². The normalized spacial score (nSPS) is 19.0. The third-order valence-electron chi connectivity index (χ3n) is 14.9. The fourth-order valence-electron chi connectivity index (χ4n) is 9.76. The fourth-order valence-corrected chi connectivity index (χ4v) is 9.76. The van der Waals surface area contributed by atoms with E-state index in [1.807, 2.05) is 6.08 Å². The number of hydrogen-bond donors (Lipinski definition) is 6. The smallest absolute Gasteiger partial charge is 0.305 e. The summed E-state index contributed by atoms with van der Waals surface area (Å²) in [4.78, 5) is 25.1. The van der Waals surface area contributed by atoms with Crippen LogP contribution in [0.2, 0.25) is 0 Å². The summed E-state index contributed by atoms with van der Waals surface area (Å²) in [6, 6.07) is -0.815. The zero-order valence-corrected chi connectivity index (χ0v) is 49.4. The van der Waals surface area contributed by atoms with Crippen LogP contribution in [0.3, 0.4) is 0 Å². The Morgan fingerprint density at radius 3 is 1.35 bits per heavy atom. The molecule has 0 aromatic rings. The van der Waals surface area contributed by atoms with Crippen LogP contribution in [-0.2, 0) is 23.8 Å². The topological polar surface area (TPSA) is 175 Å². The minimum absolute atomic E-state index is 0.0635. The SMILES string of the molecule is CCCC/C=C\C/C=C\CCCCCCCC(=O)OCC/C=C\C/C=C\CCCCCCCCCCCCCCCCC(=O)NC(COC1OC(CO)C(O)C(O)C1O)C(O)/C=C/CCCCCCCCCCCCCC. The quantitative estimate of drug-likeness (QED) is 0.0195. The molecule has 1 aliphatic heterocycles. The summed E-state index contributed by atoms with van der Waals surface area (Å²) in [5.41, 5.74) is 0. The zero-order chi connectivity index (χ0) is 55.9. The molecule has 77 heavy (non-hydrogen) atoms. The Kier molecular flexibility index (Phi) is 52.0. The molecule has 0 saturated carbocycles. The van der Waals surface area contributed by atoms with Crippen molar-refractivity contribution in [2.45, 2.75) is 326 Å². The molecule has 1 amide bonds. The van der Waals surface area contributed by atoms with Gasteiger partial charge in [0.1, 0.15) is 24.4 Å². The zero-order valence-electron chi connectivity index (χ0n) is 49.4. The van der Waals surface area contributed by atoms with E-state index in [1.54, 1.807) is 6.08 Å². The average Bonchev–Trinajstić information content (AvgIpc) is 3.43. The summed E-state index contributed by atoms with van der Waals surface area (Å²) in [5.74, 6) is -0.250. The number of amides is 1. The van der Waals surface area contributed by atoms with Crippen LogP contribution < -0.4 is 5.32 Å². The summed E-state index contributed by atoms with van der Waals surface area (Å²) in [6.45, 7) is 4.19. The van der Waals surface area contributed by atoms with Crippen LogP contribution in [-0.4, -0.2) is 100 Å². The predicted molar refractivity (Wildman–Crippen MR) is 320 cm³/mol. The van der Waals surface area contributed by atoms with E-state index < -0.39 is 49.5 Å². The predicted octanol–water partition coefficient (Wildman–Crippen LogP) is 15.4. The molecule has 1 heterocycles. The number of aliphatic hydroxyl groups is 5. The van der Waals surface area contributed by atoms with Crippen molar-refractivity contribution < 1.29 is 49.3 Å². The van der Waals surface area contributed by atoms with Crippen molar-refractivity contribution in [1.29, 1.82) is 0 Å². The highest BCUT2D eigenvalue weighted by Crippen LogP contribution is 2.23. The Morgan fingerprint density at radius 1 is 0.481 bits per heavy atom. The second-order valence-electron chi connectivity index (χ2n) is 22.1. The summed E-state index contributed by atoms with van der Waals surface area (Å²) in [6.07, 6.45) is 61.8. The molecule has 1 aliphatic rings. The van der Waals surface area contributed by atoms with Crippen LogP contribution in [0.5, 0.6) is 0 Å². The number of aliphatic hydroxyl groups excluding tert-OH is 5. The number of carbonyl (C=O) groups is 2. The van der Waals surface area contributed by atoms with Gasteiger partial charge in [-0.05, 0) is 77.0 Å². The molecule has 11 heteroatoms. The Labute approximate surface area is 471 Å². The molecule has 0 aromatic heterocycles. The van der Waals surface area contributed by atoms with Crippen LogP contribution in [0.4, 0.5) is 0 Å². The first-order valence-corrected chi connectivity index (χ1v) is 32.1. The lowest BCUT2D eigenvalue weighted by atomic mass is 9.99. The van der Waals surface area contributed by atoms with Crippen molar-refractivity contribution in [3.8, 4) is 0 Å². The van der Waals surface area contributed by atoms with Gasteiger partial charge in [0, 0.05) is 12.8 Å². The number of rotatable bonds is 55. The van der Waals surface area contributed by atoms with E-state index in [2.05, 4.69) is 67.8 Å². The van der Waals surface area contributed by atoms with E-state index in [4.69, 9.17) is 14.2 Å². The molecule has 0 bridgehead atoms. The molecule has 7 atom stereocenters. The number of carbonyl (C=O) groups excluding carboxylic acids is 2. The maximum Gasteiger partial charge on any atom is 0.305 e. The highest BCUT2D eigenvalue weighted by atomic mass is 16.7. The van der Waals surface area contributed by atoms with Crippen LogP contribution in [0.15, 0.2) is 60.8 Å². The second kappa shape index (κ2) is 55.3. The van der Waals surface area contributed by atoms with Crippen LogP contribution in [0.1, 0.15) is 284 Å². The second-order valence-corrected chi connectivity index (χ2v) is 22.1. The van der Waals surface area contributed by atoms with E-state index >= 15 is 0 Å². The van der Waals surface area contributed by atoms with Crippen LogP contribution in [0.25, 0.3) is 0 Å². The molecular weight excluding hydrogens is 967 g/mol. The van der Waals surface area contributed by atoms with E-state index in [-0.39, 0.29) is 18.5 Å². The highest BCUT2D eigenvalue weighted by molar-refractivity contribution is 5.76. The number of nitrogens with one attached hydrogen (secondary N) is 1. The van der Waals surface area contributed by atoms with Crippen molar-refractivity contribution in [1.82, 2.24) is 5.32 Å². The van der Waals surface area contributed by atoms with Crippen molar-refractivity contribution in [2.75, 3.05) is 19.8 Å². The van der Waals surface area contributed by atoms with E-state index in [0.29, 0.717) is 19.4 Å². The highest BCUT2D eigenvalue weighted by Gasteiger charge is 2.44. The van der Waals surface area contributed by atoms with E-state index in [0.717, 1.165) is 83.5 Å². The summed E-state index contributed by atoms with van der Waals surface area (Å²) < 4.78 is 16.7. The molecule has 0 aromatic carbocycles. The Bertz CT molecular complexity index is 1460. The third-order valence-corrected chi connectivity index (χ3v) is 14.9. The van der Waals surface area contributed by atoms with Gasteiger partial charge in [-0.2, -0.15) is 0 Å². The Hall–Kier alpha value is -2.64. The molecule has 448 valence electrons. The lowest BCUT2D eigenvalue weighted by molar-refractivity contribution is -0.302. The van der Waals surface area contributed by atoms with Gasteiger partial charge in [0.15, 0.2) is 6.29 Å². The van der Waals surface area contributed by atoms with Gasteiger partial charge in [-0.1, -0.05) is 254 Å². The Morgan fingerprint density at radius 2 is 0.883 bits per heavy atom. The minimum Gasteiger partial charge on any atom is -0.465 e. The van der Waals surface area contributed by atoms with Crippen molar-refractivity contribution in [3.05, 3.63) is 60.8 Å². The first-order chi connectivity index (χ1) is 37.7. The van der Waals surface area contributed by atoms with Crippen molar-refractivity contribution in [3.63, 3.8) is 0 Å². The minimum atomic E-state index is -1.57. The van der Waals surface area contributed by atoms with Gasteiger partial charge >= 0.3 is 5.97 Å². The Balaban J connectivity index is 2.08. The molecule has 1 fully saturated rings. The van der Waals surface area contributed by atoms with Crippen LogP contribution >= 0.6 is 0 Å². The summed E-state index contributed by atoms with van der Waals surface area (Å²) >= 11 is 0. The van der Waals surface area contributed by atoms with Crippen molar-refractivity contribution >= 4 is 11.9 Å². The molecule has 7 unspecified atom stereocenters. The lowest BCUT2D eigenvalue weighted by Crippen LogP contribution is -2.60. The number of unbranched alkanes of at least 4 members (excludes halogenated alkanes) is 33. The van der Waals surface area contributed by atoms with Gasteiger partial charge < -0.3 is 45.1 Å². The molecule has 11 nitrogen and oxygen atoms in total. The van der Waals surface area contributed by atoms with Gasteiger partial charge in [0.2, 0.25) is 5.91 Å². The monoisotopic (exact) mass is 1090 g/mol. The van der Waals surface area contributed by atoms with Crippen molar-refractivity contribution in [2.24, 2.45) is 0 Å². The van der Waals surface area contributed by atoms with Gasteiger partial charge in [0.05, 0.1) is 32.0 Å². The standard InChI is InChI=1S/C66H119NO10/c1-3-5-7-9-11-13-15-17-28-32-36-40-44-48-52-59(69)58(57-76-66-65(74)64(73)63(72)60(56-68)77-66)67-61(70)53-49-45-41-37-33-29-26-24-22-20-19-21-23-25-27-31-35-39-43-47-51-55-75-62(71)54-50-46-42-38-34-30-18-16-14-12-10-8-6-4-2/h10,12,16,18,31,35,43,47-48,52,58-60,63-66,68-69,72-74H,3-9,11,13-15,17,19-30,32-34,36-42,44-46,49-51,53-57H2,1-2H3,(H,67,70)/b12-10-,18-16-,35-31-,47-43-,52-48+. The molecular formula is C66H119NO10. The number of allylic oxidation sites excluding steroid dienone is 8. The molecule has 0 spiro atoms. The number of esters is 1. The fraction of sp³-hybridized carbons (Fsp3) is 0.818. The summed E-state index contributed by atoms with van der Waals surface area (Å²) in [5, 5.41) is 54.5. The maximum atomic E-state index is 13.1. The first-order valence-electron chi connectivity index (χ1n) is 32.1.